The number of rotatable bonds is 12. The van der Waals surface area contributed by atoms with Gasteiger partial charge in [-0.3, -0.25) is 0 Å². The van der Waals surface area contributed by atoms with E-state index in [1.807, 2.05) is 0 Å². The van der Waals surface area contributed by atoms with E-state index in [1.54, 1.807) is 0 Å². The van der Waals surface area contributed by atoms with Crippen LogP contribution in [0.5, 0.6) is 0 Å². The zero-order chi connectivity index (χ0) is 21.0. The molecule has 164 valence electrons. The second kappa shape index (κ2) is 12.7. The standard InChI is InChI=1S/C21H32O8/c1-3-17(22)24-11-7-5-9-19-26-13-21(14-27-19)15-28-20(29-16-21)10-6-8-12-25-18(23)4-2/h3-4,19-20H,1-2,5-16H2. The molecular formula is C21H32O8. The van der Waals surface area contributed by atoms with Crippen molar-refractivity contribution in [1.82, 2.24) is 0 Å². The van der Waals surface area contributed by atoms with E-state index in [1.165, 1.54) is 0 Å². The minimum Gasteiger partial charge on any atom is -0.463 e. The first-order valence-electron chi connectivity index (χ1n) is 10.1. The summed E-state index contributed by atoms with van der Waals surface area (Å²) < 4.78 is 33.2. The van der Waals surface area contributed by atoms with Gasteiger partial charge in [0.05, 0.1) is 45.1 Å². The van der Waals surface area contributed by atoms with E-state index in [-0.39, 0.29) is 18.0 Å². The van der Waals surface area contributed by atoms with E-state index in [9.17, 15) is 9.59 Å². The van der Waals surface area contributed by atoms with Gasteiger partial charge >= 0.3 is 11.9 Å². The van der Waals surface area contributed by atoms with E-state index in [0.29, 0.717) is 39.6 Å². The van der Waals surface area contributed by atoms with Gasteiger partial charge in [0.25, 0.3) is 0 Å². The van der Waals surface area contributed by atoms with E-state index in [2.05, 4.69) is 13.2 Å². The van der Waals surface area contributed by atoms with Gasteiger partial charge in [-0.05, 0) is 38.5 Å². The van der Waals surface area contributed by atoms with E-state index >= 15 is 0 Å². The molecule has 0 bridgehead atoms. The van der Waals surface area contributed by atoms with Crippen LogP contribution in [0.25, 0.3) is 0 Å². The lowest BCUT2D eigenvalue weighted by Crippen LogP contribution is -2.52. The third-order valence-electron chi connectivity index (χ3n) is 4.79. The van der Waals surface area contributed by atoms with Gasteiger partial charge in [0.1, 0.15) is 0 Å². The SMILES string of the molecule is C=CC(=O)OCCCCC1OCC2(CO1)COC(CCCCOC(=O)C=C)OC2. The second-order valence-electron chi connectivity index (χ2n) is 7.34. The quantitative estimate of drug-likeness (QED) is 0.274. The van der Waals surface area contributed by atoms with Crippen LogP contribution in [0.15, 0.2) is 25.3 Å². The van der Waals surface area contributed by atoms with Crippen molar-refractivity contribution in [2.24, 2.45) is 5.41 Å². The van der Waals surface area contributed by atoms with Crippen molar-refractivity contribution in [2.45, 2.75) is 51.1 Å². The molecular weight excluding hydrogens is 380 g/mol. The molecule has 29 heavy (non-hydrogen) atoms. The van der Waals surface area contributed by atoms with Crippen molar-refractivity contribution >= 4 is 11.9 Å². The maximum atomic E-state index is 11.0. The predicted octanol–water partition coefficient (Wildman–Crippen LogP) is 2.52. The predicted molar refractivity (Wildman–Crippen MR) is 104 cm³/mol. The summed E-state index contributed by atoms with van der Waals surface area (Å²) in [6, 6.07) is 0. The van der Waals surface area contributed by atoms with Gasteiger partial charge in [0, 0.05) is 12.2 Å². The third-order valence-corrected chi connectivity index (χ3v) is 4.79. The molecule has 8 nitrogen and oxygen atoms in total. The summed E-state index contributed by atoms with van der Waals surface area (Å²) in [4.78, 5) is 21.9. The Bertz CT molecular complexity index is 479. The Hall–Kier alpha value is -1.74. The molecule has 0 saturated carbocycles. The fraction of sp³-hybridized carbons (Fsp3) is 0.714. The number of carbonyl (C=O) groups excluding carboxylic acids is 2. The van der Waals surface area contributed by atoms with Gasteiger partial charge in [-0.15, -0.1) is 0 Å². The van der Waals surface area contributed by atoms with Crippen molar-refractivity contribution in [1.29, 1.82) is 0 Å². The summed E-state index contributed by atoms with van der Waals surface area (Å²) in [7, 11) is 0. The highest BCUT2D eigenvalue weighted by molar-refractivity contribution is 5.81. The Kier molecular flexibility index (Phi) is 10.3. The highest BCUT2D eigenvalue weighted by Crippen LogP contribution is 2.32. The summed E-state index contributed by atoms with van der Waals surface area (Å²) >= 11 is 0. The molecule has 0 amide bonds. The van der Waals surface area contributed by atoms with Crippen LogP contribution in [0.3, 0.4) is 0 Å². The summed E-state index contributed by atoms with van der Waals surface area (Å²) in [6.07, 6.45) is 6.55. The molecule has 0 atom stereocenters. The highest BCUT2D eigenvalue weighted by atomic mass is 16.7. The summed E-state index contributed by atoms with van der Waals surface area (Å²) in [5.74, 6) is -0.798. The Labute approximate surface area is 172 Å². The van der Waals surface area contributed by atoms with Crippen molar-refractivity contribution in [3.8, 4) is 0 Å². The topological polar surface area (TPSA) is 89.5 Å². The van der Waals surface area contributed by atoms with Crippen LogP contribution in [-0.4, -0.2) is 64.2 Å². The summed E-state index contributed by atoms with van der Waals surface area (Å²) in [5, 5.41) is 0. The van der Waals surface area contributed by atoms with Crippen molar-refractivity contribution in [2.75, 3.05) is 39.6 Å². The minimum atomic E-state index is -0.399. The fourth-order valence-electron chi connectivity index (χ4n) is 3.05. The van der Waals surface area contributed by atoms with E-state index in [0.717, 1.165) is 50.7 Å². The van der Waals surface area contributed by atoms with Crippen molar-refractivity contribution in [3.05, 3.63) is 25.3 Å². The molecule has 0 aromatic heterocycles. The monoisotopic (exact) mass is 412 g/mol. The van der Waals surface area contributed by atoms with Crippen molar-refractivity contribution < 1.29 is 38.0 Å². The first-order valence-corrected chi connectivity index (χ1v) is 10.1. The van der Waals surface area contributed by atoms with Crippen LogP contribution in [0.4, 0.5) is 0 Å². The number of unbranched alkanes of at least 4 members (excludes halogenated alkanes) is 2. The molecule has 2 saturated heterocycles. The number of carbonyl (C=O) groups is 2. The van der Waals surface area contributed by atoms with Gasteiger partial charge in [-0.25, -0.2) is 9.59 Å². The van der Waals surface area contributed by atoms with E-state index in [4.69, 9.17) is 28.4 Å². The number of hydrogen-bond donors (Lipinski definition) is 0. The molecule has 0 N–H and O–H groups in total. The van der Waals surface area contributed by atoms with Crippen LogP contribution in [0.2, 0.25) is 0 Å². The van der Waals surface area contributed by atoms with Gasteiger partial charge < -0.3 is 28.4 Å². The van der Waals surface area contributed by atoms with Crippen LogP contribution >= 0.6 is 0 Å². The molecule has 1 spiro atoms. The number of hydrogen-bond acceptors (Lipinski definition) is 8. The molecule has 2 aliphatic rings. The molecule has 2 aliphatic heterocycles. The van der Waals surface area contributed by atoms with Gasteiger partial charge in [0.15, 0.2) is 12.6 Å². The Morgan fingerprint density at radius 2 is 1.14 bits per heavy atom. The second-order valence-corrected chi connectivity index (χ2v) is 7.34. The summed E-state index contributed by atoms with van der Waals surface area (Å²) in [5.41, 5.74) is -0.258. The molecule has 0 aliphatic carbocycles. The molecule has 2 rings (SSSR count). The lowest BCUT2D eigenvalue weighted by atomic mass is 9.90. The van der Waals surface area contributed by atoms with Crippen LogP contribution < -0.4 is 0 Å². The first-order chi connectivity index (χ1) is 14.1. The normalized spacial score (nSPS) is 26.6. The Morgan fingerprint density at radius 1 is 0.759 bits per heavy atom. The van der Waals surface area contributed by atoms with Gasteiger partial charge in [0.2, 0.25) is 0 Å². The van der Waals surface area contributed by atoms with Crippen LogP contribution in [0, 0.1) is 5.41 Å². The largest absolute Gasteiger partial charge is 0.463 e. The number of esters is 2. The first kappa shape index (κ1) is 23.5. The maximum absolute atomic E-state index is 11.0. The molecule has 2 fully saturated rings. The Morgan fingerprint density at radius 3 is 1.48 bits per heavy atom. The van der Waals surface area contributed by atoms with Gasteiger partial charge in [-0.1, -0.05) is 13.2 Å². The lowest BCUT2D eigenvalue weighted by Gasteiger charge is -2.43. The van der Waals surface area contributed by atoms with Gasteiger partial charge in [-0.2, -0.15) is 0 Å². The zero-order valence-electron chi connectivity index (χ0n) is 17.0. The molecule has 8 heteroatoms. The average molecular weight is 412 g/mol. The highest BCUT2D eigenvalue weighted by Gasteiger charge is 2.41. The third kappa shape index (κ3) is 8.65. The smallest absolute Gasteiger partial charge is 0.330 e. The zero-order valence-corrected chi connectivity index (χ0v) is 17.0. The summed E-state index contributed by atoms with van der Waals surface area (Å²) in [6.45, 7) is 9.60. The van der Waals surface area contributed by atoms with Crippen LogP contribution in [0.1, 0.15) is 38.5 Å². The van der Waals surface area contributed by atoms with Crippen LogP contribution in [-0.2, 0) is 38.0 Å². The van der Waals surface area contributed by atoms with Crippen molar-refractivity contribution in [3.63, 3.8) is 0 Å². The Balaban J connectivity index is 1.52. The minimum absolute atomic E-state index is 0.244. The molecule has 0 aromatic rings. The molecule has 0 unspecified atom stereocenters. The lowest BCUT2D eigenvalue weighted by molar-refractivity contribution is -0.304. The fourth-order valence-corrected chi connectivity index (χ4v) is 3.05. The number of ether oxygens (including phenoxy) is 6. The molecule has 0 aromatic carbocycles. The molecule has 0 radical (unpaired) electrons. The maximum Gasteiger partial charge on any atom is 0.330 e. The molecule has 2 heterocycles. The average Bonchev–Trinajstić information content (AvgIpc) is 2.75. The van der Waals surface area contributed by atoms with E-state index < -0.39 is 11.9 Å².